The number of hydrogen-bond donors (Lipinski definition) is 1. The average molecular weight is 373 g/mol. The van der Waals surface area contributed by atoms with Gasteiger partial charge >= 0.3 is 0 Å². The Bertz CT molecular complexity index is 713. The first-order valence-corrected chi connectivity index (χ1v) is 7.62. The minimum atomic E-state index is -0.456. The number of carbonyl (C=O) groups excluding carboxylic acids is 1. The summed E-state index contributed by atoms with van der Waals surface area (Å²) in [5.41, 5.74) is 3.61. The van der Waals surface area contributed by atoms with E-state index in [2.05, 4.69) is 15.5 Å². The molecule has 0 aliphatic rings. The summed E-state index contributed by atoms with van der Waals surface area (Å²) in [6, 6.07) is 8.37. The number of halogens is 3. The normalized spacial score (nSPS) is 11.2. The third kappa shape index (κ3) is 5.10. The van der Waals surface area contributed by atoms with E-state index in [4.69, 9.17) is 39.5 Å². The second-order valence-electron chi connectivity index (χ2n) is 4.43. The second-order valence-corrected chi connectivity index (χ2v) is 5.69. The van der Waals surface area contributed by atoms with Gasteiger partial charge in [0.05, 0.1) is 21.5 Å². The zero-order valence-corrected chi connectivity index (χ0v) is 14.3. The van der Waals surface area contributed by atoms with Gasteiger partial charge in [0.2, 0.25) is 0 Å². The number of amides is 1. The van der Waals surface area contributed by atoms with E-state index < -0.39 is 5.91 Å². The van der Waals surface area contributed by atoms with Gasteiger partial charge in [-0.25, -0.2) is 5.43 Å². The van der Waals surface area contributed by atoms with Crippen LogP contribution in [0.2, 0.25) is 15.1 Å². The molecule has 0 bridgehead atoms. The predicted molar refractivity (Wildman–Crippen MR) is 91.6 cm³/mol. The topological polar surface area (TPSA) is 63.6 Å². The van der Waals surface area contributed by atoms with Gasteiger partial charge < -0.3 is 4.74 Å². The second kappa shape index (κ2) is 8.15. The van der Waals surface area contributed by atoms with E-state index in [1.54, 1.807) is 25.3 Å². The molecule has 0 radical (unpaired) electrons. The van der Waals surface area contributed by atoms with Crippen molar-refractivity contribution in [3.63, 3.8) is 0 Å². The van der Waals surface area contributed by atoms with Crippen LogP contribution in [0.25, 0.3) is 0 Å². The van der Waals surface area contributed by atoms with Gasteiger partial charge in [0, 0.05) is 11.2 Å². The number of pyridine rings is 1. The van der Waals surface area contributed by atoms with Crippen molar-refractivity contribution in [1.29, 1.82) is 0 Å². The van der Waals surface area contributed by atoms with Crippen LogP contribution in [0.1, 0.15) is 12.6 Å². The molecule has 2 aromatic rings. The van der Waals surface area contributed by atoms with Crippen LogP contribution < -0.4 is 10.2 Å². The summed E-state index contributed by atoms with van der Waals surface area (Å²) in [6.07, 6.45) is 1.64. The molecule has 8 heteroatoms. The van der Waals surface area contributed by atoms with Crippen molar-refractivity contribution < 1.29 is 9.53 Å². The monoisotopic (exact) mass is 371 g/mol. The van der Waals surface area contributed by atoms with Gasteiger partial charge in [0.1, 0.15) is 0 Å². The summed E-state index contributed by atoms with van der Waals surface area (Å²) in [5, 5.41) is 4.79. The molecule has 23 heavy (non-hydrogen) atoms. The predicted octanol–water partition coefficient (Wildman–Crippen LogP) is 3.96. The molecule has 0 fully saturated rings. The molecular formula is C15H12Cl3N3O2. The molecule has 1 aromatic carbocycles. The maximum atomic E-state index is 11.8. The van der Waals surface area contributed by atoms with E-state index in [9.17, 15) is 4.79 Å². The molecule has 0 saturated heterocycles. The molecule has 1 amide bonds. The van der Waals surface area contributed by atoms with E-state index in [1.807, 2.05) is 6.07 Å². The van der Waals surface area contributed by atoms with Crippen LogP contribution in [-0.2, 0) is 4.79 Å². The summed E-state index contributed by atoms with van der Waals surface area (Å²) in [6.45, 7) is 1.44. The van der Waals surface area contributed by atoms with Crippen molar-refractivity contribution >= 4 is 46.4 Å². The van der Waals surface area contributed by atoms with E-state index >= 15 is 0 Å². The minimum absolute atomic E-state index is 0.193. The Kier molecular flexibility index (Phi) is 6.21. The molecule has 120 valence electrons. The molecule has 1 aromatic heterocycles. The van der Waals surface area contributed by atoms with Crippen LogP contribution in [0.4, 0.5) is 0 Å². The smallest absolute Gasteiger partial charge is 0.277 e. The van der Waals surface area contributed by atoms with Gasteiger partial charge in [0.25, 0.3) is 5.91 Å². The summed E-state index contributed by atoms with van der Waals surface area (Å²) < 4.78 is 5.30. The van der Waals surface area contributed by atoms with E-state index in [0.29, 0.717) is 16.4 Å². The fraction of sp³-hybridized carbons (Fsp3) is 0.133. The van der Waals surface area contributed by atoms with Crippen molar-refractivity contribution in [2.75, 3.05) is 6.61 Å². The largest absolute Gasteiger partial charge is 0.481 e. The van der Waals surface area contributed by atoms with Crippen molar-refractivity contribution in [1.82, 2.24) is 10.4 Å². The first-order chi connectivity index (χ1) is 11.0. The van der Waals surface area contributed by atoms with Crippen LogP contribution in [0.3, 0.4) is 0 Å². The van der Waals surface area contributed by atoms with Crippen molar-refractivity contribution in [3.05, 3.63) is 57.3 Å². The summed E-state index contributed by atoms with van der Waals surface area (Å²) in [4.78, 5) is 15.9. The molecule has 5 nitrogen and oxygen atoms in total. The number of aromatic nitrogens is 1. The number of rotatable bonds is 5. The van der Waals surface area contributed by atoms with Crippen molar-refractivity contribution in [2.24, 2.45) is 5.10 Å². The Morgan fingerprint density at radius 2 is 1.96 bits per heavy atom. The van der Waals surface area contributed by atoms with Crippen molar-refractivity contribution in [2.45, 2.75) is 6.92 Å². The van der Waals surface area contributed by atoms with Gasteiger partial charge in [-0.3, -0.25) is 9.78 Å². The molecule has 0 aliphatic heterocycles. The van der Waals surface area contributed by atoms with Gasteiger partial charge in [-0.05, 0) is 31.2 Å². The summed E-state index contributed by atoms with van der Waals surface area (Å²) in [5.74, 6) is -0.263. The quantitative estimate of drug-likeness (QED) is 0.638. The highest BCUT2D eigenvalue weighted by atomic mass is 35.5. The molecule has 1 heterocycles. The van der Waals surface area contributed by atoms with Crippen LogP contribution in [0, 0.1) is 0 Å². The Hall–Kier alpha value is -1.82. The fourth-order valence-electron chi connectivity index (χ4n) is 1.62. The summed E-state index contributed by atoms with van der Waals surface area (Å²) in [7, 11) is 0. The zero-order valence-electron chi connectivity index (χ0n) is 12.0. The van der Waals surface area contributed by atoms with Crippen LogP contribution in [0.5, 0.6) is 5.75 Å². The van der Waals surface area contributed by atoms with E-state index in [0.717, 1.165) is 0 Å². The molecule has 0 aliphatic carbocycles. The van der Waals surface area contributed by atoms with Crippen LogP contribution >= 0.6 is 34.8 Å². The molecule has 0 saturated carbocycles. The molecule has 0 unspecified atom stereocenters. The minimum Gasteiger partial charge on any atom is -0.481 e. The molecule has 1 N–H and O–H groups in total. The summed E-state index contributed by atoms with van der Waals surface area (Å²) >= 11 is 17.7. The third-order valence-corrected chi connectivity index (χ3v) is 3.47. The zero-order chi connectivity index (χ0) is 16.8. The van der Waals surface area contributed by atoms with Crippen molar-refractivity contribution in [3.8, 4) is 5.75 Å². The Morgan fingerprint density at radius 3 is 2.57 bits per heavy atom. The number of carbonyl (C=O) groups is 1. The molecule has 0 spiro atoms. The number of ether oxygens (including phenoxy) is 1. The fourth-order valence-corrected chi connectivity index (χ4v) is 2.54. The Morgan fingerprint density at radius 1 is 1.26 bits per heavy atom. The number of hydrazone groups is 1. The number of nitrogens with zero attached hydrogens (tertiary/aromatic N) is 2. The number of nitrogens with one attached hydrogen (secondary N) is 1. The lowest BCUT2D eigenvalue weighted by molar-refractivity contribution is -0.123. The van der Waals surface area contributed by atoms with Gasteiger partial charge in [-0.2, -0.15) is 5.10 Å². The first kappa shape index (κ1) is 17.5. The lowest BCUT2D eigenvalue weighted by Gasteiger charge is -2.09. The van der Waals surface area contributed by atoms with Gasteiger partial charge in [-0.1, -0.05) is 40.9 Å². The highest BCUT2D eigenvalue weighted by Crippen LogP contribution is 2.35. The Labute approximate surface area is 148 Å². The highest BCUT2D eigenvalue weighted by Gasteiger charge is 2.11. The first-order valence-electron chi connectivity index (χ1n) is 6.49. The van der Waals surface area contributed by atoms with E-state index in [1.165, 1.54) is 12.1 Å². The van der Waals surface area contributed by atoms with Gasteiger partial charge in [-0.15, -0.1) is 0 Å². The van der Waals surface area contributed by atoms with E-state index in [-0.39, 0.29) is 22.4 Å². The third-order valence-electron chi connectivity index (χ3n) is 2.69. The molecule has 0 atom stereocenters. The standard InChI is InChI=1S/C15H12Cl3N3O2/c1-9(13-4-2-3-5-19-13)20-21-14(22)8-23-15-11(17)6-10(16)7-12(15)18/h2-7H,8H2,1H3,(H,21,22)/b20-9-. The molecule has 2 rings (SSSR count). The Balaban J connectivity index is 1.94. The maximum Gasteiger partial charge on any atom is 0.277 e. The van der Waals surface area contributed by atoms with Gasteiger partial charge in [0.15, 0.2) is 12.4 Å². The van der Waals surface area contributed by atoms with Crippen LogP contribution in [-0.4, -0.2) is 23.2 Å². The lowest BCUT2D eigenvalue weighted by atomic mass is 10.3. The average Bonchev–Trinajstić information content (AvgIpc) is 2.52. The van der Waals surface area contributed by atoms with Crippen LogP contribution in [0.15, 0.2) is 41.6 Å². The number of hydrogen-bond acceptors (Lipinski definition) is 4. The lowest BCUT2D eigenvalue weighted by Crippen LogP contribution is -2.25. The maximum absolute atomic E-state index is 11.8. The molecular weight excluding hydrogens is 361 g/mol. The SMILES string of the molecule is C/C(=N/NC(=O)COc1c(Cl)cc(Cl)cc1Cl)c1ccccn1. The highest BCUT2D eigenvalue weighted by molar-refractivity contribution is 6.40. The number of benzene rings is 1.